The summed E-state index contributed by atoms with van der Waals surface area (Å²) in [5.74, 6) is -2.39. The molecule has 0 radical (unpaired) electrons. The van der Waals surface area contributed by atoms with Gasteiger partial charge in [-0.2, -0.15) is 0 Å². The van der Waals surface area contributed by atoms with Crippen LogP contribution < -0.4 is 10.6 Å². The number of hydrogen-bond acceptors (Lipinski definition) is 6. The molecule has 1 unspecified atom stereocenters. The van der Waals surface area contributed by atoms with Gasteiger partial charge in [-0.05, 0) is 43.4 Å². The molecule has 3 heterocycles. The summed E-state index contributed by atoms with van der Waals surface area (Å²) in [6, 6.07) is 1.83. The standard InChI is InChI=1S/C28H41F2N5O4/c1-2-3-7-35-16-20(14-25(35)36)28(39)32-23(13-19-11-21(29)15-22(30)12-19)27(38)24-17-33(10-6-31-24)18-26(37)34-8-4-5-9-34/h11-12,15,20,23-24,27,31,38H,2-10,13-14,16-18H2,1H3,(H,32,39)/t20?,23-,24+,27-/m0/s1. The van der Waals surface area contributed by atoms with Crippen LogP contribution >= 0.6 is 0 Å². The Morgan fingerprint density at radius 2 is 1.85 bits per heavy atom. The normalized spacial score (nSPS) is 23.7. The van der Waals surface area contributed by atoms with Crippen LogP contribution in [-0.4, -0.2) is 108 Å². The van der Waals surface area contributed by atoms with Crippen LogP contribution in [0.4, 0.5) is 8.78 Å². The molecule has 39 heavy (non-hydrogen) atoms. The van der Waals surface area contributed by atoms with Gasteiger partial charge in [0.05, 0.1) is 24.6 Å². The Labute approximate surface area is 228 Å². The number of unbranched alkanes of at least 4 members (excludes halogenated alkanes) is 1. The highest BCUT2D eigenvalue weighted by Gasteiger charge is 2.38. The fourth-order valence-corrected chi connectivity index (χ4v) is 5.81. The number of carbonyl (C=O) groups is 3. The topological polar surface area (TPSA) is 105 Å². The van der Waals surface area contributed by atoms with Gasteiger partial charge in [0, 0.05) is 64.3 Å². The van der Waals surface area contributed by atoms with Crippen LogP contribution in [0.1, 0.15) is 44.6 Å². The highest BCUT2D eigenvalue weighted by Crippen LogP contribution is 2.21. The minimum absolute atomic E-state index is 0.00664. The Balaban J connectivity index is 1.44. The monoisotopic (exact) mass is 549 g/mol. The molecule has 3 aliphatic heterocycles. The molecule has 4 rings (SSSR count). The largest absolute Gasteiger partial charge is 0.389 e. The first-order valence-electron chi connectivity index (χ1n) is 14.2. The number of rotatable bonds is 11. The van der Waals surface area contributed by atoms with Crippen molar-refractivity contribution in [1.82, 2.24) is 25.3 Å². The van der Waals surface area contributed by atoms with Crippen LogP contribution in [0, 0.1) is 17.6 Å². The maximum absolute atomic E-state index is 13.9. The Kier molecular flexibility index (Phi) is 10.3. The van der Waals surface area contributed by atoms with Crippen molar-refractivity contribution in [2.45, 2.75) is 63.6 Å². The SMILES string of the molecule is CCCCN1CC(C(=O)N[C@@H](Cc2cc(F)cc(F)c2)[C@H](O)[C@H]2CN(CC(=O)N3CCCC3)CCN2)CC1=O. The van der Waals surface area contributed by atoms with Crippen LogP contribution in [-0.2, 0) is 20.8 Å². The van der Waals surface area contributed by atoms with Crippen LogP contribution in [0.25, 0.3) is 0 Å². The van der Waals surface area contributed by atoms with E-state index in [4.69, 9.17) is 0 Å². The molecule has 216 valence electrons. The van der Waals surface area contributed by atoms with Crippen molar-refractivity contribution in [2.24, 2.45) is 5.92 Å². The van der Waals surface area contributed by atoms with Crippen LogP contribution in [0.5, 0.6) is 0 Å². The zero-order valence-corrected chi connectivity index (χ0v) is 22.7. The zero-order valence-electron chi connectivity index (χ0n) is 22.7. The smallest absolute Gasteiger partial charge is 0.236 e. The van der Waals surface area contributed by atoms with Gasteiger partial charge in [-0.1, -0.05) is 13.3 Å². The summed E-state index contributed by atoms with van der Waals surface area (Å²) in [6.07, 6.45) is 2.83. The maximum atomic E-state index is 13.9. The van der Waals surface area contributed by atoms with E-state index in [0.717, 1.165) is 44.8 Å². The first-order chi connectivity index (χ1) is 18.7. The maximum Gasteiger partial charge on any atom is 0.236 e. The number of aliphatic hydroxyl groups excluding tert-OH is 1. The second kappa shape index (κ2) is 13.6. The highest BCUT2D eigenvalue weighted by molar-refractivity contribution is 5.89. The van der Waals surface area contributed by atoms with Crippen LogP contribution in [0.2, 0.25) is 0 Å². The Morgan fingerprint density at radius 3 is 2.54 bits per heavy atom. The summed E-state index contributed by atoms with van der Waals surface area (Å²) in [5.41, 5.74) is 0.306. The van der Waals surface area contributed by atoms with E-state index in [1.807, 2.05) is 16.7 Å². The highest BCUT2D eigenvalue weighted by atomic mass is 19.1. The van der Waals surface area contributed by atoms with Gasteiger partial charge in [-0.25, -0.2) is 8.78 Å². The molecule has 11 heteroatoms. The Morgan fingerprint density at radius 1 is 1.13 bits per heavy atom. The predicted molar refractivity (Wildman–Crippen MR) is 142 cm³/mol. The number of carbonyl (C=O) groups excluding carboxylic acids is 3. The first-order valence-corrected chi connectivity index (χ1v) is 14.2. The molecule has 3 saturated heterocycles. The summed E-state index contributed by atoms with van der Waals surface area (Å²) in [4.78, 5) is 43.9. The van der Waals surface area contributed by atoms with Gasteiger partial charge in [0.15, 0.2) is 0 Å². The average Bonchev–Trinajstić information content (AvgIpc) is 3.56. The lowest BCUT2D eigenvalue weighted by molar-refractivity contribution is -0.132. The van der Waals surface area contributed by atoms with Crippen molar-refractivity contribution in [3.05, 3.63) is 35.4 Å². The van der Waals surface area contributed by atoms with E-state index in [1.165, 1.54) is 12.1 Å². The number of nitrogens with one attached hydrogen (secondary N) is 2. The minimum Gasteiger partial charge on any atom is -0.389 e. The molecule has 4 atom stereocenters. The first kappa shape index (κ1) is 29.4. The van der Waals surface area contributed by atoms with E-state index in [0.29, 0.717) is 38.3 Å². The van der Waals surface area contributed by atoms with Crippen molar-refractivity contribution in [2.75, 3.05) is 52.4 Å². The number of aliphatic hydroxyl groups is 1. The molecule has 3 aliphatic rings. The van der Waals surface area contributed by atoms with E-state index in [-0.39, 0.29) is 37.1 Å². The van der Waals surface area contributed by atoms with Gasteiger partial charge in [-0.15, -0.1) is 0 Å². The summed E-state index contributed by atoms with van der Waals surface area (Å²) >= 11 is 0. The molecule has 0 aromatic heterocycles. The molecule has 0 bridgehead atoms. The lowest BCUT2D eigenvalue weighted by Crippen LogP contribution is -2.62. The third-order valence-electron chi connectivity index (χ3n) is 8.00. The number of hydrogen-bond donors (Lipinski definition) is 3. The lowest BCUT2D eigenvalue weighted by Gasteiger charge is -2.39. The Hall–Kier alpha value is -2.63. The minimum atomic E-state index is -1.10. The summed E-state index contributed by atoms with van der Waals surface area (Å²) in [7, 11) is 0. The predicted octanol–water partition coefficient (Wildman–Crippen LogP) is 0.898. The van der Waals surface area contributed by atoms with Gasteiger partial charge in [0.1, 0.15) is 11.6 Å². The summed E-state index contributed by atoms with van der Waals surface area (Å²) in [6.45, 7) is 6.34. The molecule has 1 aromatic rings. The van der Waals surface area contributed by atoms with Crippen molar-refractivity contribution >= 4 is 17.7 Å². The average molecular weight is 550 g/mol. The van der Waals surface area contributed by atoms with Gasteiger partial charge in [0.25, 0.3) is 0 Å². The number of halogens is 2. The van der Waals surface area contributed by atoms with Crippen molar-refractivity contribution in [3.8, 4) is 0 Å². The zero-order chi connectivity index (χ0) is 27.9. The molecule has 0 aliphatic carbocycles. The number of amides is 3. The second-order valence-corrected chi connectivity index (χ2v) is 11.1. The van der Waals surface area contributed by atoms with Crippen molar-refractivity contribution in [1.29, 1.82) is 0 Å². The summed E-state index contributed by atoms with van der Waals surface area (Å²) < 4.78 is 27.9. The lowest BCUT2D eigenvalue weighted by atomic mass is 9.94. The number of likely N-dealkylation sites (tertiary alicyclic amines) is 2. The third kappa shape index (κ3) is 7.95. The number of piperazine rings is 1. The molecule has 0 saturated carbocycles. The fourth-order valence-electron chi connectivity index (χ4n) is 5.81. The molecule has 3 N–H and O–H groups in total. The van der Waals surface area contributed by atoms with Crippen LogP contribution in [0.3, 0.4) is 0 Å². The van der Waals surface area contributed by atoms with Crippen LogP contribution in [0.15, 0.2) is 18.2 Å². The van der Waals surface area contributed by atoms with Crippen molar-refractivity contribution < 1.29 is 28.3 Å². The fraction of sp³-hybridized carbons (Fsp3) is 0.679. The summed E-state index contributed by atoms with van der Waals surface area (Å²) in [5, 5.41) is 17.6. The molecular weight excluding hydrogens is 508 g/mol. The van der Waals surface area contributed by atoms with Gasteiger partial charge in [0.2, 0.25) is 17.7 Å². The number of nitrogens with zero attached hydrogens (tertiary/aromatic N) is 3. The van der Waals surface area contributed by atoms with Crippen molar-refractivity contribution in [3.63, 3.8) is 0 Å². The molecule has 3 amide bonds. The van der Waals surface area contributed by atoms with Gasteiger partial charge < -0.3 is 25.5 Å². The van der Waals surface area contributed by atoms with E-state index < -0.39 is 35.7 Å². The molecule has 0 spiro atoms. The molecule has 9 nitrogen and oxygen atoms in total. The van der Waals surface area contributed by atoms with E-state index >= 15 is 0 Å². The van der Waals surface area contributed by atoms with E-state index in [2.05, 4.69) is 10.6 Å². The Bertz CT molecular complexity index is 1000. The molecular formula is C28H41F2N5O4. The van der Waals surface area contributed by atoms with Gasteiger partial charge in [-0.3, -0.25) is 19.3 Å². The van der Waals surface area contributed by atoms with Gasteiger partial charge >= 0.3 is 0 Å². The molecule has 3 fully saturated rings. The molecule has 1 aromatic carbocycles. The van der Waals surface area contributed by atoms with E-state index in [9.17, 15) is 28.3 Å². The third-order valence-corrected chi connectivity index (χ3v) is 8.00. The van der Waals surface area contributed by atoms with E-state index in [1.54, 1.807) is 4.90 Å². The number of benzene rings is 1. The quantitative estimate of drug-likeness (QED) is 0.379. The second-order valence-electron chi connectivity index (χ2n) is 11.1.